The normalized spacial score (nSPS) is 17.8. The first-order chi connectivity index (χ1) is 43.8. The van der Waals surface area contributed by atoms with Crippen LogP contribution < -0.4 is 26.0 Å². The van der Waals surface area contributed by atoms with E-state index < -0.39 is 91.5 Å². The lowest BCUT2D eigenvalue weighted by atomic mass is 9.92. The number of nitrogens with zero attached hydrogens (tertiary/aromatic N) is 7. The van der Waals surface area contributed by atoms with Crippen molar-refractivity contribution in [3.63, 3.8) is 0 Å². The average molecular weight is 1390 g/mol. The number of amides is 6. The highest BCUT2D eigenvalue weighted by Crippen LogP contribution is 2.32. The van der Waals surface area contributed by atoms with Gasteiger partial charge < -0.3 is 55.1 Å². The highest BCUT2D eigenvalue weighted by atomic mass is 127. The van der Waals surface area contributed by atoms with Gasteiger partial charge in [-0.15, -0.1) is 6.42 Å². The van der Waals surface area contributed by atoms with Gasteiger partial charge in [0, 0.05) is 100.0 Å². The van der Waals surface area contributed by atoms with Crippen LogP contribution >= 0.6 is 22.6 Å². The number of carboxylic acid groups (broad SMARTS) is 1. The summed E-state index contributed by atoms with van der Waals surface area (Å²) in [7, 11) is 1.16. The predicted octanol–water partition coefficient (Wildman–Crippen LogP) is 1.86. The maximum atomic E-state index is 14.5. The number of nitrogens with one attached hydrogen (secondary N) is 4. The van der Waals surface area contributed by atoms with Crippen LogP contribution in [0.1, 0.15) is 80.1 Å². The number of aromatic nitrogens is 1. The summed E-state index contributed by atoms with van der Waals surface area (Å²) >= 11 is 2.23. The van der Waals surface area contributed by atoms with Gasteiger partial charge in [0.05, 0.1) is 63.4 Å². The maximum Gasteiger partial charge on any atom is 0.317 e. The summed E-state index contributed by atoms with van der Waals surface area (Å²) in [6.45, 7) is 1.93. The number of aryl methyl sites for hydroxylation is 1. The molecule has 0 aliphatic carbocycles. The van der Waals surface area contributed by atoms with Crippen molar-refractivity contribution in [2.24, 2.45) is 5.92 Å². The van der Waals surface area contributed by atoms with Gasteiger partial charge in [-0.05, 0) is 122 Å². The monoisotopic (exact) mass is 1390 g/mol. The number of benzene rings is 2. The van der Waals surface area contributed by atoms with Gasteiger partial charge in [-0.3, -0.25) is 72.5 Å². The van der Waals surface area contributed by atoms with E-state index in [1.165, 1.54) is 12.3 Å². The predicted molar refractivity (Wildman–Crippen MR) is 335 cm³/mol. The van der Waals surface area contributed by atoms with E-state index in [9.17, 15) is 61.8 Å². The number of hydrogen-bond acceptors (Lipinski definition) is 19. The summed E-state index contributed by atoms with van der Waals surface area (Å²) in [5.74, 6) is -5.47. The highest BCUT2D eigenvalue weighted by Gasteiger charge is 2.46. The van der Waals surface area contributed by atoms with E-state index in [2.05, 4.69) is 54.8 Å². The van der Waals surface area contributed by atoms with Crippen molar-refractivity contribution in [2.75, 3.05) is 125 Å². The minimum atomic E-state index is -3.12. The molecule has 0 bridgehead atoms. The molecule has 0 saturated carbocycles. The van der Waals surface area contributed by atoms with Gasteiger partial charge in [-0.2, -0.15) is 0 Å². The number of carbonyl (C=O) groups is 10. The Morgan fingerprint density at radius 2 is 1.45 bits per heavy atom. The molecule has 3 saturated heterocycles. The van der Waals surface area contributed by atoms with Gasteiger partial charge in [0.1, 0.15) is 31.3 Å². The molecular weight excluding hydrogens is 1300 g/mol. The molecule has 3 aliphatic rings. The first-order valence-electron chi connectivity index (χ1n) is 30.4. The number of carbonyl (C=O) groups excluding carboxylic acids is 9. The third-order valence-electron chi connectivity index (χ3n) is 16.0. The number of piperidine rings is 1. The number of esters is 1. The molecule has 3 aliphatic heterocycles. The second kappa shape index (κ2) is 37.6. The molecular formula is C62H82F2IN11O15. The molecule has 496 valence electrons. The van der Waals surface area contributed by atoms with Crippen molar-refractivity contribution in [3.05, 3.63) is 69.4 Å². The molecule has 0 spiro atoms. The number of pyridine rings is 1. The number of likely N-dealkylation sites (tertiary alicyclic amines) is 2. The largest absolute Gasteiger partial charge is 0.494 e. The second-order valence-electron chi connectivity index (χ2n) is 22.6. The molecule has 6 rings (SSSR count). The van der Waals surface area contributed by atoms with E-state index in [1.54, 1.807) is 32.9 Å². The van der Waals surface area contributed by atoms with Gasteiger partial charge in [-0.1, -0.05) is 18.1 Å². The van der Waals surface area contributed by atoms with E-state index in [-0.39, 0.29) is 102 Å². The minimum absolute atomic E-state index is 0.0186. The molecule has 26 nitrogen and oxygen atoms in total. The van der Waals surface area contributed by atoms with Crippen LogP contribution in [0.15, 0.2) is 54.7 Å². The third-order valence-corrected chi connectivity index (χ3v) is 16.8. The molecule has 3 atom stereocenters. The fraction of sp³-hybridized carbons (Fsp3) is 0.565. The first kappa shape index (κ1) is 72.4. The Hall–Kier alpha value is -7.66. The summed E-state index contributed by atoms with van der Waals surface area (Å²) < 4.78 is 50.3. The average Bonchev–Trinajstić information content (AvgIpc) is 1.90. The minimum Gasteiger partial charge on any atom is -0.494 e. The molecule has 29 heteroatoms. The third kappa shape index (κ3) is 24.8. The quantitative estimate of drug-likeness (QED) is 0.0149. The molecule has 0 unspecified atom stereocenters. The number of terminal acetylenes is 1. The van der Waals surface area contributed by atoms with E-state index in [1.807, 2.05) is 34.1 Å². The van der Waals surface area contributed by atoms with E-state index in [4.69, 9.17) is 25.4 Å². The molecule has 2 aromatic carbocycles. The van der Waals surface area contributed by atoms with Crippen molar-refractivity contribution in [1.29, 1.82) is 0 Å². The Bertz CT molecular complexity index is 2990. The number of hydrogen-bond donors (Lipinski definition) is 5. The van der Waals surface area contributed by atoms with Crippen molar-refractivity contribution >= 4 is 93.8 Å². The number of rotatable bonds is 32. The number of fused-ring (bicyclic) bond motifs is 1. The number of ether oxygens (including phenoxy) is 4. The first-order valence-corrected chi connectivity index (χ1v) is 31.5. The summed E-state index contributed by atoms with van der Waals surface area (Å²) in [6, 6.07) is 10.9. The van der Waals surface area contributed by atoms with Crippen LogP contribution in [0.3, 0.4) is 0 Å². The number of methoxy groups -OCH3 is 1. The van der Waals surface area contributed by atoms with Crippen LogP contribution in [0.2, 0.25) is 0 Å². The van der Waals surface area contributed by atoms with Crippen molar-refractivity contribution in [1.82, 2.24) is 55.7 Å². The van der Waals surface area contributed by atoms with Gasteiger partial charge in [-0.25, -0.2) is 8.78 Å². The molecule has 1 aromatic heterocycles. The van der Waals surface area contributed by atoms with Gasteiger partial charge in [0.2, 0.25) is 29.5 Å². The molecule has 5 N–H and O–H groups in total. The fourth-order valence-electron chi connectivity index (χ4n) is 11.0. The Morgan fingerprint density at radius 1 is 0.802 bits per heavy atom. The zero-order chi connectivity index (χ0) is 65.7. The van der Waals surface area contributed by atoms with Crippen molar-refractivity contribution in [3.8, 4) is 18.1 Å². The molecule has 91 heavy (non-hydrogen) atoms. The molecule has 0 radical (unpaired) electrons. The number of alkyl halides is 2. The molecule has 3 aromatic rings. The zero-order valence-corrected chi connectivity index (χ0v) is 53.3. The lowest BCUT2D eigenvalue weighted by molar-refractivity contribution is -0.146. The van der Waals surface area contributed by atoms with Crippen LogP contribution in [0.25, 0.3) is 10.9 Å². The number of halogens is 3. The number of aliphatic carboxylic acids is 1. The maximum absolute atomic E-state index is 14.5. The van der Waals surface area contributed by atoms with Crippen molar-refractivity contribution in [2.45, 2.75) is 94.7 Å². The van der Waals surface area contributed by atoms with Crippen LogP contribution in [0.4, 0.5) is 8.78 Å². The lowest BCUT2D eigenvalue weighted by Crippen LogP contribution is -2.57. The summed E-state index contributed by atoms with van der Waals surface area (Å²) in [5.41, 5.74) is 1.78. The Labute approximate surface area is 541 Å². The smallest absolute Gasteiger partial charge is 0.317 e. The van der Waals surface area contributed by atoms with E-state index in [0.29, 0.717) is 101 Å². The van der Waals surface area contributed by atoms with Crippen LogP contribution in [-0.4, -0.2) is 249 Å². The van der Waals surface area contributed by atoms with Gasteiger partial charge >= 0.3 is 11.9 Å². The molecule has 3 fully saturated rings. The van der Waals surface area contributed by atoms with Crippen LogP contribution in [-0.2, 0) is 63.8 Å². The van der Waals surface area contributed by atoms with Gasteiger partial charge in [0.25, 0.3) is 24.8 Å². The van der Waals surface area contributed by atoms with Crippen molar-refractivity contribution < 1.29 is 80.8 Å². The van der Waals surface area contributed by atoms with Crippen LogP contribution in [0.5, 0.6) is 5.75 Å². The SMILES string of the molecule is C#C[C@H]1CC(F)(F)CN1C(=O)CNC(=O)c1ccnc2ccc(OCCCC3CCN(C(=O)[C@H](CC(=O)OC)NC(=O)[C@H](CCCNC(=O)CCCc4ccc(I)cc4)NC(=O)CN4CCN(COC=O)CCN(COC=O)CCN(CC(=O)O)CC4)CC3)cc12. The van der Waals surface area contributed by atoms with Crippen LogP contribution in [0, 0.1) is 21.8 Å². The lowest BCUT2D eigenvalue weighted by Gasteiger charge is -2.35. The highest BCUT2D eigenvalue weighted by molar-refractivity contribution is 14.1. The Balaban J connectivity index is 1.05. The Kier molecular flexibility index (Phi) is 29.9. The van der Waals surface area contributed by atoms with E-state index >= 15 is 0 Å². The van der Waals surface area contributed by atoms with Gasteiger partial charge in [0.15, 0.2) is 0 Å². The summed E-state index contributed by atoms with van der Waals surface area (Å²) in [6.07, 6.45) is 10.1. The summed E-state index contributed by atoms with van der Waals surface area (Å²) in [4.78, 5) is 143. The zero-order valence-electron chi connectivity index (χ0n) is 51.2. The standard InChI is InChI=1S/C62H82F2IN11O15/c1-3-47-35-62(63,64)39-76(47)56(81)36-68-59(85)49-17-21-66-51-16-15-48(33-50(49)51)91-32-6-8-45-18-22-75(23-19-45)61(87)53(34-58(84)88-2)70-60(86)52(9-5-20-67-54(79)10-4-7-44-11-13-46(65)14-12-44)69-55(80)37-71-24-25-72(38-57(82)83)27-29-74(41-90-43-78)31-30-73(28-26-71)40-89-42-77/h1,11-17,21,33,42-43,45,47,52-53H,4-10,18-20,22-32,34-41H2,2H3,(H,67,79)(H,68,85)(H,69,80)(H,70,86)(H,82,83)/t47-,52-,53-/m0/s1. The fourth-order valence-corrected chi connectivity index (χ4v) is 11.4. The Morgan fingerprint density at radius 3 is 2.08 bits per heavy atom. The van der Waals surface area contributed by atoms with E-state index in [0.717, 1.165) is 27.6 Å². The summed E-state index contributed by atoms with van der Waals surface area (Å²) in [5, 5.41) is 21.2. The second-order valence-corrected chi connectivity index (χ2v) is 23.9. The molecule has 6 amide bonds. The molecule has 4 heterocycles. The number of carboxylic acids is 1. The topological polar surface area (TPSA) is 308 Å².